The molecule has 3 rings (SSSR count). The van der Waals surface area contributed by atoms with Gasteiger partial charge in [0, 0.05) is 31.9 Å². The maximum Gasteiger partial charge on any atom is 0.191 e. The van der Waals surface area contributed by atoms with Crippen molar-refractivity contribution in [1.29, 1.82) is 0 Å². The molecule has 0 radical (unpaired) electrons. The summed E-state index contributed by atoms with van der Waals surface area (Å²) in [4.78, 5) is 12.5. The smallest absolute Gasteiger partial charge is 0.191 e. The molecule has 0 spiro atoms. The number of nitrogens with zero attached hydrogens (tertiary/aromatic N) is 4. The summed E-state index contributed by atoms with van der Waals surface area (Å²) >= 11 is 5.80. The van der Waals surface area contributed by atoms with E-state index in [4.69, 9.17) is 11.6 Å². The van der Waals surface area contributed by atoms with E-state index < -0.39 is 0 Å². The number of rotatable bonds is 6. The summed E-state index contributed by atoms with van der Waals surface area (Å²) in [5.74, 6) is 1.50. The van der Waals surface area contributed by atoms with Crippen LogP contribution in [0.5, 0.6) is 0 Å². The van der Waals surface area contributed by atoms with Crippen LogP contribution in [0.25, 0.3) is 11.4 Å². The van der Waals surface area contributed by atoms with Gasteiger partial charge >= 0.3 is 0 Å². The van der Waals surface area contributed by atoms with Crippen molar-refractivity contribution in [1.82, 2.24) is 30.8 Å². The van der Waals surface area contributed by atoms with Crippen LogP contribution in [0, 0.1) is 0 Å². The first kappa shape index (κ1) is 21.1. The van der Waals surface area contributed by atoms with Crippen molar-refractivity contribution in [2.45, 2.75) is 13.0 Å². The summed E-state index contributed by atoms with van der Waals surface area (Å²) in [6.45, 7) is 1.41. The average Bonchev–Trinajstić information content (AvgIpc) is 3.21. The largest absolute Gasteiger partial charge is 0.356 e. The second-order valence-corrected chi connectivity index (χ2v) is 6.01. The minimum absolute atomic E-state index is 0. The quantitative estimate of drug-likeness (QED) is 0.211. The predicted molar refractivity (Wildman–Crippen MR) is 118 cm³/mol. The van der Waals surface area contributed by atoms with Crippen LogP contribution in [-0.4, -0.2) is 39.7 Å². The van der Waals surface area contributed by atoms with Gasteiger partial charge in [0.05, 0.1) is 0 Å². The molecule has 0 aliphatic heterocycles. The lowest BCUT2D eigenvalue weighted by atomic mass is 10.1. The molecule has 0 aliphatic rings. The van der Waals surface area contributed by atoms with E-state index in [2.05, 4.69) is 47.9 Å². The number of pyridine rings is 1. The van der Waals surface area contributed by atoms with Crippen LogP contribution in [0.2, 0.25) is 5.15 Å². The number of aromatic nitrogens is 4. The molecule has 0 unspecified atom stereocenters. The molecule has 7 nitrogen and oxygen atoms in total. The van der Waals surface area contributed by atoms with E-state index in [0.717, 1.165) is 41.4 Å². The Balaban J connectivity index is 0.00000261. The zero-order valence-corrected chi connectivity index (χ0v) is 17.9. The Labute approximate surface area is 180 Å². The Bertz CT molecular complexity index is 850. The SMILES string of the molecule is CN=C(NCCc1ccc(Cl)nc1)NCc1cccc(-c2ncn[nH]2)c1.I. The van der Waals surface area contributed by atoms with Gasteiger partial charge in [0.15, 0.2) is 11.8 Å². The highest BCUT2D eigenvalue weighted by Gasteiger charge is 2.03. The molecule has 3 N–H and O–H groups in total. The van der Waals surface area contributed by atoms with E-state index in [1.807, 2.05) is 18.2 Å². The fourth-order valence-corrected chi connectivity index (χ4v) is 2.57. The summed E-state index contributed by atoms with van der Waals surface area (Å²) in [5, 5.41) is 13.9. The zero-order chi connectivity index (χ0) is 18.2. The molecular formula is C18H21ClIN7. The Hall–Kier alpha value is -2.20. The minimum atomic E-state index is 0. The lowest BCUT2D eigenvalue weighted by molar-refractivity contribution is 0.793. The number of halogens is 2. The second-order valence-electron chi connectivity index (χ2n) is 5.63. The summed E-state index contributed by atoms with van der Waals surface area (Å²) < 4.78 is 0. The first-order chi connectivity index (χ1) is 12.7. The Kier molecular flexibility index (Phi) is 8.46. The van der Waals surface area contributed by atoms with Gasteiger partial charge < -0.3 is 10.6 Å². The van der Waals surface area contributed by atoms with Crippen molar-refractivity contribution >= 4 is 41.5 Å². The van der Waals surface area contributed by atoms with Gasteiger partial charge in [0.1, 0.15) is 11.5 Å². The topological polar surface area (TPSA) is 90.9 Å². The third-order valence-corrected chi connectivity index (χ3v) is 4.02. The molecule has 0 aliphatic carbocycles. The molecule has 9 heteroatoms. The van der Waals surface area contributed by atoms with E-state index in [9.17, 15) is 0 Å². The normalized spacial score (nSPS) is 11.0. The first-order valence-corrected chi connectivity index (χ1v) is 8.62. The van der Waals surface area contributed by atoms with Gasteiger partial charge in [0.2, 0.25) is 0 Å². The highest BCUT2D eigenvalue weighted by atomic mass is 127. The Morgan fingerprint density at radius 1 is 1.15 bits per heavy atom. The van der Waals surface area contributed by atoms with Crippen LogP contribution in [0.15, 0.2) is 53.9 Å². The summed E-state index contributed by atoms with van der Waals surface area (Å²) in [6, 6.07) is 11.9. The standard InChI is InChI=1S/C18H20ClN7.HI/c1-20-18(21-8-7-13-5-6-16(19)22-10-13)23-11-14-3-2-4-15(9-14)17-24-12-25-26-17;/h2-6,9-10,12H,7-8,11H2,1H3,(H2,20,21,23)(H,24,25,26);1H. The van der Waals surface area contributed by atoms with E-state index in [-0.39, 0.29) is 24.0 Å². The van der Waals surface area contributed by atoms with Crippen LogP contribution in [-0.2, 0) is 13.0 Å². The number of guanidine groups is 1. The Morgan fingerprint density at radius 3 is 2.74 bits per heavy atom. The van der Waals surface area contributed by atoms with Crippen molar-refractivity contribution in [3.8, 4) is 11.4 Å². The molecule has 2 heterocycles. The molecule has 0 saturated heterocycles. The molecule has 0 saturated carbocycles. The molecule has 0 atom stereocenters. The number of hydrogen-bond donors (Lipinski definition) is 3. The summed E-state index contributed by atoms with van der Waals surface area (Å²) in [5.41, 5.74) is 3.25. The number of nitrogens with one attached hydrogen (secondary N) is 3. The van der Waals surface area contributed by atoms with Crippen molar-refractivity contribution in [3.05, 3.63) is 65.2 Å². The third kappa shape index (κ3) is 6.47. The van der Waals surface area contributed by atoms with Gasteiger partial charge in [0.25, 0.3) is 0 Å². The number of aliphatic imine (C=N–C) groups is 1. The number of benzene rings is 1. The van der Waals surface area contributed by atoms with Gasteiger partial charge in [-0.2, -0.15) is 5.10 Å². The third-order valence-electron chi connectivity index (χ3n) is 3.79. The summed E-state index contributed by atoms with van der Waals surface area (Å²) in [6.07, 6.45) is 4.13. The maximum atomic E-state index is 5.80. The molecular weight excluding hydrogens is 477 g/mol. The molecule has 27 heavy (non-hydrogen) atoms. The van der Waals surface area contributed by atoms with Crippen LogP contribution in [0.3, 0.4) is 0 Å². The van der Waals surface area contributed by atoms with Crippen LogP contribution >= 0.6 is 35.6 Å². The number of hydrogen-bond acceptors (Lipinski definition) is 4. The predicted octanol–water partition coefficient (Wildman–Crippen LogP) is 3.05. The minimum Gasteiger partial charge on any atom is -0.356 e. The number of H-pyrrole nitrogens is 1. The fourth-order valence-electron chi connectivity index (χ4n) is 2.46. The second kappa shape index (κ2) is 10.8. The molecule has 2 aromatic heterocycles. The van der Waals surface area contributed by atoms with Crippen LogP contribution < -0.4 is 10.6 Å². The van der Waals surface area contributed by atoms with E-state index in [0.29, 0.717) is 11.7 Å². The van der Waals surface area contributed by atoms with Crippen molar-refractivity contribution in [3.63, 3.8) is 0 Å². The fraction of sp³-hybridized carbons (Fsp3) is 0.222. The average molecular weight is 498 g/mol. The summed E-state index contributed by atoms with van der Waals surface area (Å²) in [7, 11) is 1.75. The first-order valence-electron chi connectivity index (χ1n) is 8.24. The molecule has 3 aromatic rings. The zero-order valence-electron chi connectivity index (χ0n) is 14.8. The van der Waals surface area contributed by atoms with Crippen LogP contribution in [0.1, 0.15) is 11.1 Å². The lowest BCUT2D eigenvalue weighted by Crippen LogP contribution is -2.37. The van der Waals surface area contributed by atoms with Gasteiger partial charge in [-0.3, -0.25) is 10.1 Å². The van der Waals surface area contributed by atoms with Crippen LogP contribution in [0.4, 0.5) is 0 Å². The van der Waals surface area contributed by atoms with Gasteiger partial charge in [-0.05, 0) is 29.7 Å². The van der Waals surface area contributed by atoms with Crippen molar-refractivity contribution in [2.75, 3.05) is 13.6 Å². The van der Waals surface area contributed by atoms with E-state index >= 15 is 0 Å². The molecule has 0 bridgehead atoms. The molecule has 142 valence electrons. The highest BCUT2D eigenvalue weighted by molar-refractivity contribution is 14.0. The van der Waals surface area contributed by atoms with Crippen molar-refractivity contribution in [2.24, 2.45) is 4.99 Å². The molecule has 1 aromatic carbocycles. The number of aromatic amines is 1. The Morgan fingerprint density at radius 2 is 2.04 bits per heavy atom. The monoisotopic (exact) mass is 497 g/mol. The van der Waals surface area contributed by atoms with Gasteiger partial charge in [-0.15, -0.1) is 24.0 Å². The molecule has 0 fully saturated rings. The van der Waals surface area contributed by atoms with Crippen molar-refractivity contribution < 1.29 is 0 Å². The van der Waals surface area contributed by atoms with Gasteiger partial charge in [-0.25, -0.2) is 9.97 Å². The van der Waals surface area contributed by atoms with Gasteiger partial charge in [-0.1, -0.05) is 35.9 Å². The molecule has 0 amide bonds. The lowest BCUT2D eigenvalue weighted by Gasteiger charge is -2.12. The van der Waals surface area contributed by atoms with E-state index in [1.54, 1.807) is 19.3 Å². The van der Waals surface area contributed by atoms with E-state index in [1.165, 1.54) is 6.33 Å². The maximum absolute atomic E-state index is 5.80. The highest BCUT2D eigenvalue weighted by Crippen LogP contribution is 2.15.